The van der Waals surface area contributed by atoms with Gasteiger partial charge in [0, 0.05) is 6.61 Å². The van der Waals surface area contributed by atoms with Crippen LogP contribution in [0.3, 0.4) is 0 Å². The molecule has 0 spiro atoms. The lowest BCUT2D eigenvalue weighted by atomic mass is 10.6. The summed E-state index contributed by atoms with van der Waals surface area (Å²) in [6.45, 7) is 3.35. The third kappa shape index (κ3) is 3.25. The molecule has 1 rings (SSSR count). The Morgan fingerprint density at radius 1 is 1.14 bits per heavy atom. The molecule has 0 aliphatic carbocycles. The lowest BCUT2D eigenvalue weighted by Crippen LogP contribution is -2.08. The standard InChI is InChI=1S/C7H9Cl2N3O2/c1-2-13-3-4-14-5-6(8)10-12-11-7(5)9/h2-4H2,1H3. The molecule has 1 heterocycles. The van der Waals surface area contributed by atoms with E-state index in [1.54, 1.807) is 0 Å². The normalized spacial score (nSPS) is 10.2. The Labute approximate surface area is 91.3 Å². The van der Waals surface area contributed by atoms with Crippen LogP contribution < -0.4 is 4.74 Å². The molecule has 5 nitrogen and oxygen atoms in total. The summed E-state index contributed by atoms with van der Waals surface area (Å²) in [4.78, 5) is 0. The van der Waals surface area contributed by atoms with E-state index in [1.807, 2.05) is 6.92 Å². The highest BCUT2D eigenvalue weighted by molar-refractivity contribution is 6.35. The smallest absolute Gasteiger partial charge is 0.198 e. The Bertz CT molecular complexity index is 278. The molecule has 0 fully saturated rings. The molecule has 0 saturated heterocycles. The summed E-state index contributed by atoms with van der Waals surface area (Å²) in [5.41, 5.74) is 0. The quantitative estimate of drug-likeness (QED) is 0.729. The molecule has 0 unspecified atom stereocenters. The Kier molecular flexibility index (Phi) is 4.86. The molecule has 1 aromatic heterocycles. The number of aromatic nitrogens is 3. The van der Waals surface area contributed by atoms with E-state index in [0.717, 1.165) is 0 Å². The first-order chi connectivity index (χ1) is 6.75. The number of halogens is 2. The maximum absolute atomic E-state index is 5.68. The topological polar surface area (TPSA) is 57.1 Å². The molecule has 0 aliphatic rings. The summed E-state index contributed by atoms with van der Waals surface area (Å²) < 4.78 is 10.3. The van der Waals surface area contributed by atoms with Gasteiger partial charge in [0.2, 0.25) is 0 Å². The van der Waals surface area contributed by atoms with Crippen molar-refractivity contribution in [2.24, 2.45) is 0 Å². The molecule has 0 saturated carbocycles. The summed E-state index contributed by atoms with van der Waals surface area (Å²) in [6, 6.07) is 0. The SMILES string of the molecule is CCOCCOc1c(Cl)nnnc1Cl. The van der Waals surface area contributed by atoms with Crippen LogP contribution in [0.25, 0.3) is 0 Å². The fourth-order valence-electron chi connectivity index (χ4n) is 0.743. The number of nitrogens with zero attached hydrogens (tertiary/aromatic N) is 3. The van der Waals surface area contributed by atoms with Gasteiger partial charge in [-0.1, -0.05) is 23.2 Å². The third-order valence-electron chi connectivity index (χ3n) is 1.32. The Morgan fingerprint density at radius 2 is 1.79 bits per heavy atom. The van der Waals surface area contributed by atoms with E-state index in [0.29, 0.717) is 19.8 Å². The van der Waals surface area contributed by atoms with Crippen molar-refractivity contribution in [2.45, 2.75) is 6.92 Å². The Morgan fingerprint density at radius 3 is 2.36 bits per heavy atom. The number of hydrogen-bond acceptors (Lipinski definition) is 5. The van der Waals surface area contributed by atoms with Crippen LogP contribution >= 0.6 is 23.2 Å². The second-order valence-electron chi connectivity index (χ2n) is 2.25. The molecule has 0 aromatic carbocycles. The van der Waals surface area contributed by atoms with Crippen molar-refractivity contribution >= 4 is 23.2 Å². The van der Waals surface area contributed by atoms with Crippen LogP contribution in [0.4, 0.5) is 0 Å². The monoisotopic (exact) mass is 237 g/mol. The van der Waals surface area contributed by atoms with E-state index in [4.69, 9.17) is 32.7 Å². The van der Waals surface area contributed by atoms with Gasteiger partial charge in [-0.2, -0.15) is 0 Å². The van der Waals surface area contributed by atoms with E-state index in [9.17, 15) is 0 Å². The predicted octanol–water partition coefficient (Wildman–Crippen LogP) is 1.59. The fraction of sp³-hybridized carbons (Fsp3) is 0.571. The zero-order valence-corrected chi connectivity index (χ0v) is 9.05. The van der Waals surface area contributed by atoms with Crippen LogP contribution in [0.2, 0.25) is 10.3 Å². The number of hydrogen-bond donors (Lipinski definition) is 0. The molecule has 0 aliphatic heterocycles. The number of rotatable bonds is 5. The van der Waals surface area contributed by atoms with Crippen LogP contribution in [-0.2, 0) is 4.74 Å². The predicted molar refractivity (Wildman–Crippen MR) is 51.8 cm³/mol. The fourth-order valence-corrected chi connectivity index (χ4v) is 1.15. The van der Waals surface area contributed by atoms with Gasteiger partial charge in [0.1, 0.15) is 6.61 Å². The lowest BCUT2D eigenvalue weighted by molar-refractivity contribution is 0.110. The minimum Gasteiger partial charge on any atom is -0.485 e. The van der Waals surface area contributed by atoms with Crippen LogP contribution in [-0.4, -0.2) is 35.2 Å². The van der Waals surface area contributed by atoms with Crippen molar-refractivity contribution < 1.29 is 9.47 Å². The maximum Gasteiger partial charge on any atom is 0.198 e. The van der Waals surface area contributed by atoms with E-state index in [2.05, 4.69) is 15.4 Å². The molecule has 0 radical (unpaired) electrons. The van der Waals surface area contributed by atoms with Crippen molar-refractivity contribution in [3.8, 4) is 5.75 Å². The molecule has 0 atom stereocenters. The van der Waals surface area contributed by atoms with Crippen LogP contribution in [0.1, 0.15) is 6.92 Å². The maximum atomic E-state index is 5.68. The molecular weight excluding hydrogens is 229 g/mol. The van der Waals surface area contributed by atoms with Gasteiger partial charge < -0.3 is 9.47 Å². The molecule has 0 bridgehead atoms. The lowest BCUT2D eigenvalue weighted by Gasteiger charge is -2.06. The Balaban J connectivity index is 2.49. The highest BCUT2D eigenvalue weighted by atomic mass is 35.5. The average Bonchev–Trinajstić information content (AvgIpc) is 2.16. The van der Waals surface area contributed by atoms with E-state index >= 15 is 0 Å². The molecule has 7 heteroatoms. The van der Waals surface area contributed by atoms with Gasteiger partial charge >= 0.3 is 0 Å². The average molecular weight is 238 g/mol. The van der Waals surface area contributed by atoms with Gasteiger partial charge in [-0.3, -0.25) is 0 Å². The highest BCUT2D eigenvalue weighted by Crippen LogP contribution is 2.27. The van der Waals surface area contributed by atoms with Gasteiger partial charge in [-0.05, 0) is 12.1 Å². The summed E-state index contributed by atoms with van der Waals surface area (Å²) in [6.07, 6.45) is 0. The van der Waals surface area contributed by atoms with Gasteiger partial charge in [-0.25, -0.2) is 0 Å². The second kappa shape index (κ2) is 5.95. The molecule has 0 amide bonds. The minimum atomic E-state index is 0.0986. The minimum absolute atomic E-state index is 0.0986. The first-order valence-corrected chi connectivity index (χ1v) is 4.76. The zero-order chi connectivity index (χ0) is 10.4. The molecule has 78 valence electrons. The van der Waals surface area contributed by atoms with Crippen LogP contribution in [0.15, 0.2) is 0 Å². The number of ether oxygens (including phenoxy) is 2. The molecular formula is C7H9Cl2N3O2. The molecule has 1 aromatic rings. The van der Waals surface area contributed by atoms with Crippen molar-refractivity contribution in [1.82, 2.24) is 15.4 Å². The van der Waals surface area contributed by atoms with Crippen LogP contribution in [0.5, 0.6) is 5.75 Å². The first kappa shape index (κ1) is 11.4. The van der Waals surface area contributed by atoms with Crippen molar-refractivity contribution in [2.75, 3.05) is 19.8 Å². The largest absolute Gasteiger partial charge is 0.485 e. The van der Waals surface area contributed by atoms with Gasteiger partial charge in [0.05, 0.1) is 6.61 Å². The van der Waals surface area contributed by atoms with Crippen molar-refractivity contribution in [3.63, 3.8) is 0 Å². The summed E-state index contributed by atoms with van der Waals surface area (Å²) in [7, 11) is 0. The zero-order valence-electron chi connectivity index (χ0n) is 7.54. The Hall–Kier alpha value is -0.650. The van der Waals surface area contributed by atoms with E-state index in [-0.39, 0.29) is 16.1 Å². The van der Waals surface area contributed by atoms with E-state index in [1.165, 1.54) is 0 Å². The molecule has 0 N–H and O–H groups in total. The molecule has 14 heavy (non-hydrogen) atoms. The summed E-state index contributed by atoms with van der Waals surface area (Å²) in [5.74, 6) is 0.239. The van der Waals surface area contributed by atoms with Crippen LogP contribution in [0, 0.1) is 0 Å². The highest BCUT2D eigenvalue weighted by Gasteiger charge is 2.09. The van der Waals surface area contributed by atoms with Crippen molar-refractivity contribution in [1.29, 1.82) is 0 Å². The van der Waals surface area contributed by atoms with Crippen molar-refractivity contribution in [3.05, 3.63) is 10.3 Å². The van der Waals surface area contributed by atoms with Gasteiger partial charge in [0.15, 0.2) is 16.1 Å². The van der Waals surface area contributed by atoms with Gasteiger partial charge in [-0.15, -0.1) is 10.2 Å². The first-order valence-electron chi connectivity index (χ1n) is 4.00. The third-order valence-corrected chi connectivity index (χ3v) is 1.81. The van der Waals surface area contributed by atoms with Gasteiger partial charge in [0.25, 0.3) is 0 Å². The second-order valence-corrected chi connectivity index (χ2v) is 2.96. The van der Waals surface area contributed by atoms with E-state index < -0.39 is 0 Å². The summed E-state index contributed by atoms with van der Waals surface area (Å²) >= 11 is 11.4. The summed E-state index contributed by atoms with van der Waals surface area (Å²) in [5, 5.41) is 10.5.